The van der Waals surface area contributed by atoms with Gasteiger partial charge in [0.15, 0.2) is 0 Å². The summed E-state index contributed by atoms with van der Waals surface area (Å²) in [5.41, 5.74) is 1.79. The summed E-state index contributed by atoms with van der Waals surface area (Å²) in [4.78, 5) is 11.3. The smallest absolute Gasteiger partial charge is 0.322 e. The molecule has 1 saturated heterocycles. The first-order valence-electron chi connectivity index (χ1n) is 7.50. The quantitative estimate of drug-likeness (QED) is 0.902. The number of hydrogen-bond donors (Lipinski definition) is 1. The molecule has 0 unspecified atom stereocenters. The minimum atomic E-state index is -3.81. The van der Waals surface area contributed by atoms with Crippen LogP contribution in [0.3, 0.4) is 0 Å². The largest absolute Gasteiger partial charge is 0.480 e. The summed E-state index contributed by atoms with van der Waals surface area (Å²) in [5.74, 6) is -1.10. The summed E-state index contributed by atoms with van der Waals surface area (Å²) in [5, 5.41) is 9.82. The Morgan fingerprint density at radius 2 is 1.58 bits per heavy atom. The van der Waals surface area contributed by atoms with E-state index in [-0.39, 0.29) is 11.4 Å². The molecule has 0 saturated carbocycles. The minimum Gasteiger partial charge on any atom is -0.480 e. The molecule has 0 bridgehead atoms. The summed E-state index contributed by atoms with van der Waals surface area (Å²) in [7, 11) is -3.81. The predicted octanol–water partition coefficient (Wildman–Crippen LogP) is 3.24. The maximum absolute atomic E-state index is 12.7. The zero-order valence-corrected chi connectivity index (χ0v) is 14.3. The van der Waals surface area contributed by atoms with E-state index in [2.05, 4.69) is 0 Å². The lowest BCUT2D eigenvalue weighted by Gasteiger charge is -2.21. The van der Waals surface area contributed by atoms with Gasteiger partial charge < -0.3 is 5.11 Å². The van der Waals surface area contributed by atoms with Gasteiger partial charge in [0.2, 0.25) is 10.0 Å². The number of rotatable bonds is 4. The molecular weight excluding hydrogens is 350 g/mol. The Labute approximate surface area is 145 Å². The van der Waals surface area contributed by atoms with Crippen LogP contribution in [0.1, 0.15) is 12.8 Å². The van der Waals surface area contributed by atoms with Crippen LogP contribution in [-0.4, -0.2) is 36.4 Å². The summed E-state index contributed by atoms with van der Waals surface area (Å²) >= 11 is 5.86. The lowest BCUT2D eigenvalue weighted by molar-refractivity contribution is -0.140. The number of hydrogen-bond acceptors (Lipinski definition) is 3. The normalized spacial score (nSPS) is 18.6. The Hall–Kier alpha value is -1.89. The molecule has 0 aromatic heterocycles. The maximum Gasteiger partial charge on any atom is 0.322 e. The van der Waals surface area contributed by atoms with Gasteiger partial charge in [0.1, 0.15) is 6.04 Å². The van der Waals surface area contributed by atoms with E-state index in [1.807, 2.05) is 12.1 Å². The van der Waals surface area contributed by atoms with E-state index in [4.69, 9.17) is 11.6 Å². The topological polar surface area (TPSA) is 74.7 Å². The van der Waals surface area contributed by atoms with Crippen molar-refractivity contribution in [3.05, 3.63) is 53.6 Å². The highest BCUT2D eigenvalue weighted by molar-refractivity contribution is 7.89. The zero-order valence-electron chi connectivity index (χ0n) is 12.7. The highest BCUT2D eigenvalue weighted by Crippen LogP contribution is 2.28. The molecule has 1 N–H and O–H groups in total. The van der Waals surface area contributed by atoms with Crippen LogP contribution in [0.5, 0.6) is 0 Å². The van der Waals surface area contributed by atoms with Gasteiger partial charge in [0.25, 0.3) is 0 Å². The molecule has 0 radical (unpaired) electrons. The lowest BCUT2D eigenvalue weighted by Crippen LogP contribution is -2.40. The minimum absolute atomic E-state index is 0.105. The molecule has 7 heteroatoms. The fourth-order valence-electron chi connectivity index (χ4n) is 2.87. The average Bonchev–Trinajstić information content (AvgIpc) is 3.06. The number of nitrogens with zero attached hydrogens (tertiary/aromatic N) is 1. The highest BCUT2D eigenvalue weighted by atomic mass is 35.5. The first-order chi connectivity index (χ1) is 11.4. The van der Waals surface area contributed by atoms with E-state index in [0.717, 1.165) is 15.4 Å². The van der Waals surface area contributed by atoms with Gasteiger partial charge in [0, 0.05) is 11.6 Å². The second-order valence-corrected chi connectivity index (χ2v) is 7.97. The number of benzene rings is 2. The predicted molar refractivity (Wildman–Crippen MR) is 91.4 cm³/mol. The van der Waals surface area contributed by atoms with Crippen molar-refractivity contribution in [1.82, 2.24) is 4.31 Å². The van der Waals surface area contributed by atoms with Crippen LogP contribution in [0.15, 0.2) is 53.4 Å². The Morgan fingerprint density at radius 1 is 1.04 bits per heavy atom. The van der Waals surface area contributed by atoms with Crippen LogP contribution in [0.25, 0.3) is 11.1 Å². The van der Waals surface area contributed by atoms with Gasteiger partial charge in [0.05, 0.1) is 4.90 Å². The third kappa shape index (κ3) is 3.17. The van der Waals surface area contributed by atoms with Crippen LogP contribution in [0.4, 0.5) is 0 Å². The number of halogens is 1. The fraction of sp³-hybridized carbons (Fsp3) is 0.235. The summed E-state index contributed by atoms with van der Waals surface area (Å²) in [6.45, 7) is 0.234. The van der Waals surface area contributed by atoms with Crippen molar-refractivity contribution in [2.75, 3.05) is 6.54 Å². The Morgan fingerprint density at radius 3 is 2.12 bits per heavy atom. The van der Waals surface area contributed by atoms with E-state index in [1.54, 1.807) is 24.3 Å². The van der Waals surface area contributed by atoms with E-state index < -0.39 is 22.0 Å². The second-order valence-electron chi connectivity index (χ2n) is 5.64. The van der Waals surface area contributed by atoms with Gasteiger partial charge in [-0.15, -0.1) is 0 Å². The van der Waals surface area contributed by atoms with Gasteiger partial charge in [-0.3, -0.25) is 4.79 Å². The molecule has 2 aromatic rings. The molecule has 5 nitrogen and oxygen atoms in total. The van der Waals surface area contributed by atoms with Crippen LogP contribution < -0.4 is 0 Å². The van der Waals surface area contributed by atoms with Crippen molar-refractivity contribution in [1.29, 1.82) is 0 Å². The number of sulfonamides is 1. The van der Waals surface area contributed by atoms with Crippen LogP contribution >= 0.6 is 11.6 Å². The number of carboxylic acid groups (broad SMARTS) is 1. The molecule has 1 aliphatic heterocycles. The van der Waals surface area contributed by atoms with Crippen molar-refractivity contribution in [3.8, 4) is 11.1 Å². The lowest BCUT2D eigenvalue weighted by atomic mass is 10.1. The third-order valence-electron chi connectivity index (χ3n) is 4.13. The van der Waals surface area contributed by atoms with E-state index in [9.17, 15) is 18.3 Å². The first-order valence-corrected chi connectivity index (χ1v) is 9.32. The van der Waals surface area contributed by atoms with Crippen molar-refractivity contribution < 1.29 is 18.3 Å². The van der Waals surface area contributed by atoms with Crippen molar-refractivity contribution in [3.63, 3.8) is 0 Å². The van der Waals surface area contributed by atoms with Crippen molar-refractivity contribution in [2.24, 2.45) is 0 Å². The Bertz CT molecular complexity index is 847. The third-order valence-corrected chi connectivity index (χ3v) is 6.30. The average molecular weight is 366 g/mol. The molecule has 0 amide bonds. The summed E-state index contributed by atoms with van der Waals surface area (Å²) in [6.07, 6.45) is 0.899. The Balaban J connectivity index is 1.89. The van der Waals surface area contributed by atoms with Crippen LogP contribution in [0, 0.1) is 0 Å². The number of carboxylic acids is 1. The zero-order chi connectivity index (χ0) is 17.3. The molecule has 24 heavy (non-hydrogen) atoms. The first kappa shape index (κ1) is 17.0. The van der Waals surface area contributed by atoms with Gasteiger partial charge >= 0.3 is 5.97 Å². The fourth-order valence-corrected chi connectivity index (χ4v) is 4.65. The monoisotopic (exact) mass is 365 g/mol. The standard InChI is InChI=1S/C17H16ClNO4S/c18-14-7-3-12(4-8-14)13-5-9-15(10-6-13)24(22,23)19-11-1-2-16(19)17(20)21/h3-10,16H,1-2,11H2,(H,20,21)/t16-/m1/s1. The molecule has 1 atom stereocenters. The van der Waals surface area contributed by atoms with Gasteiger partial charge in [-0.25, -0.2) is 8.42 Å². The summed E-state index contributed by atoms with van der Waals surface area (Å²) < 4.78 is 26.4. The highest BCUT2D eigenvalue weighted by Gasteiger charge is 2.39. The maximum atomic E-state index is 12.7. The Kier molecular flexibility index (Phi) is 4.62. The molecule has 0 aliphatic carbocycles. The second kappa shape index (κ2) is 6.55. The van der Waals surface area contributed by atoms with E-state index >= 15 is 0 Å². The van der Waals surface area contributed by atoms with Crippen LogP contribution in [0.2, 0.25) is 5.02 Å². The molecule has 3 rings (SSSR count). The van der Waals surface area contributed by atoms with Gasteiger partial charge in [-0.1, -0.05) is 35.9 Å². The molecule has 2 aromatic carbocycles. The van der Waals surface area contributed by atoms with Crippen molar-refractivity contribution >= 4 is 27.6 Å². The number of aliphatic carboxylic acids is 1. The molecular formula is C17H16ClNO4S. The SMILES string of the molecule is O=C(O)[C@H]1CCCN1S(=O)(=O)c1ccc(-c2ccc(Cl)cc2)cc1. The van der Waals surface area contributed by atoms with Gasteiger partial charge in [-0.2, -0.15) is 4.31 Å². The van der Waals surface area contributed by atoms with Gasteiger partial charge in [-0.05, 0) is 48.2 Å². The number of carbonyl (C=O) groups is 1. The molecule has 1 heterocycles. The molecule has 1 fully saturated rings. The summed E-state index contributed by atoms with van der Waals surface area (Å²) in [6, 6.07) is 12.7. The molecule has 126 valence electrons. The molecule has 1 aliphatic rings. The van der Waals surface area contributed by atoms with Crippen LogP contribution in [-0.2, 0) is 14.8 Å². The van der Waals surface area contributed by atoms with E-state index in [1.165, 1.54) is 12.1 Å². The van der Waals surface area contributed by atoms with E-state index in [0.29, 0.717) is 17.9 Å². The molecule has 0 spiro atoms. The van der Waals surface area contributed by atoms with Crippen molar-refractivity contribution in [2.45, 2.75) is 23.8 Å².